The molecule has 0 aromatic carbocycles. The minimum absolute atomic E-state index is 0.00111. The summed E-state index contributed by atoms with van der Waals surface area (Å²) in [6, 6.07) is 0. The molecule has 0 aromatic heterocycles. The fourth-order valence-corrected chi connectivity index (χ4v) is 2.19. The fraction of sp³-hybridized carbons (Fsp3) is 0.833. The van der Waals surface area contributed by atoms with Crippen molar-refractivity contribution >= 4 is 11.9 Å². The molecule has 0 radical (unpaired) electrons. The second-order valence-corrected chi connectivity index (χ2v) is 4.27. The molecule has 0 N–H and O–H groups in total. The van der Waals surface area contributed by atoms with Gasteiger partial charge in [-0.2, -0.15) is 0 Å². The number of ether oxygens (including phenoxy) is 3. The number of carbonyl (C=O) groups is 2. The smallest absolute Gasteiger partial charge is 0.305 e. The van der Waals surface area contributed by atoms with E-state index in [2.05, 4.69) is 9.47 Å². The van der Waals surface area contributed by atoms with Crippen molar-refractivity contribution < 1.29 is 23.8 Å². The van der Waals surface area contributed by atoms with Gasteiger partial charge in [-0.3, -0.25) is 9.59 Å². The summed E-state index contributed by atoms with van der Waals surface area (Å²) in [4.78, 5) is 22.7. The molecule has 0 atom stereocenters. The lowest BCUT2D eigenvalue weighted by atomic mass is 9.82. The molecule has 0 saturated carbocycles. The highest BCUT2D eigenvalue weighted by Crippen LogP contribution is 2.29. The Morgan fingerprint density at radius 1 is 1.12 bits per heavy atom. The van der Waals surface area contributed by atoms with Crippen LogP contribution in [0.25, 0.3) is 0 Å². The molecule has 1 saturated heterocycles. The van der Waals surface area contributed by atoms with Crippen molar-refractivity contribution in [3.8, 4) is 0 Å². The zero-order chi connectivity index (χ0) is 12.7. The Bertz CT molecular complexity index is 240. The molecule has 0 amide bonds. The first kappa shape index (κ1) is 14.0. The standard InChI is InChI=1S/C12H20O5/c1-15-11(13)7-10(8-12(14)16-2)9-3-5-17-6-4-9/h9-10H,3-8H2,1-2H3. The van der Waals surface area contributed by atoms with Gasteiger partial charge in [-0.05, 0) is 24.7 Å². The molecule has 1 aliphatic rings. The van der Waals surface area contributed by atoms with Gasteiger partial charge in [0, 0.05) is 26.1 Å². The van der Waals surface area contributed by atoms with Crippen LogP contribution in [0.5, 0.6) is 0 Å². The van der Waals surface area contributed by atoms with Gasteiger partial charge in [0.2, 0.25) is 0 Å². The van der Waals surface area contributed by atoms with Crippen LogP contribution in [0.2, 0.25) is 0 Å². The monoisotopic (exact) mass is 244 g/mol. The fourth-order valence-electron chi connectivity index (χ4n) is 2.19. The van der Waals surface area contributed by atoms with E-state index in [-0.39, 0.29) is 30.7 Å². The van der Waals surface area contributed by atoms with E-state index in [4.69, 9.17) is 4.74 Å². The van der Waals surface area contributed by atoms with Gasteiger partial charge in [0.1, 0.15) is 0 Å². The number of hydrogen-bond donors (Lipinski definition) is 0. The Hall–Kier alpha value is -1.10. The first-order valence-corrected chi connectivity index (χ1v) is 5.88. The van der Waals surface area contributed by atoms with Gasteiger partial charge in [-0.15, -0.1) is 0 Å². The van der Waals surface area contributed by atoms with Crippen molar-refractivity contribution in [2.75, 3.05) is 27.4 Å². The SMILES string of the molecule is COC(=O)CC(CC(=O)OC)C1CCOCC1. The Morgan fingerprint density at radius 2 is 1.59 bits per heavy atom. The van der Waals surface area contributed by atoms with Crippen LogP contribution in [0.1, 0.15) is 25.7 Å². The molecule has 1 fully saturated rings. The van der Waals surface area contributed by atoms with Crippen LogP contribution in [0.3, 0.4) is 0 Å². The molecular weight excluding hydrogens is 224 g/mol. The summed E-state index contributed by atoms with van der Waals surface area (Å²) < 4.78 is 14.6. The van der Waals surface area contributed by atoms with E-state index < -0.39 is 0 Å². The molecule has 0 unspecified atom stereocenters. The molecule has 0 spiro atoms. The van der Waals surface area contributed by atoms with Gasteiger partial charge >= 0.3 is 11.9 Å². The zero-order valence-corrected chi connectivity index (χ0v) is 10.4. The van der Waals surface area contributed by atoms with Crippen LogP contribution in [0.4, 0.5) is 0 Å². The van der Waals surface area contributed by atoms with Gasteiger partial charge in [0.15, 0.2) is 0 Å². The van der Waals surface area contributed by atoms with E-state index in [1.54, 1.807) is 0 Å². The number of hydrogen-bond acceptors (Lipinski definition) is 5. The Morgan fingerprint density at radius 3 is 2.00 bits per heavy atom. The van der Waals surface area contributed by atoms with E-state index in [1.165, 1.54) is 14.2 Å². The lowest BCUT2D eigenvalue weighted by Gasteiger charge is -2.29. The predicted octanol–water partition coefficient (Wildman–Crippen LogP) is 1.16. The van der Waals surface area contributed by atoms with Gasteiger partial charge < -0.3 is 14.2 Å². The lowest BCUT2D eigenvalue weighted by Crippen LogP contribution is -2.27. The molecule has 0 aliphatic carbocycles. The summed E-state index contributed by atoms with van der Waals surface area (Å²) >= 11 is 0. The third kappa shape index (κ3) is 4.73. The minimum Gasteiger partial charge on any atom is -0.469 e. The minimum atomic E-state index is -0.273. The Kier molecular flexibility index (Phi) is 5.97. The second-order valence-electron chi connectivity index (χ2n) is 4.27. The number of esters is 2. The maximum absolute atomic E-state index is 11.3. The van der Waals surface area contributed by atoms with Crippen molar-refractivity contribution in [1.29, 1.82) is 0 Å². The van der Waals surface area contributed by atoms with E-state index in [1.807, 2.05) is 0 Å². The van der Waals surface area contributed by atoms with Crippen molar-refractivity contribution in [2.45, 2.75) is 25.7 Å². The largest absolute Gasteiger partial charge is 0.469 e. The molecule has 5 nitrogen and oxygen atoms in total. The number of rotatable bonds is 5. The Labute approximate surface area is 101 Å². The maximum atomic E-state index is 11.3. The zero-order valence-electron chi connectivity index (χ0n) is 10.4. The van der Waals surface area contributed by atoms with Crippen molar-refractivity contribution in [3.63, 3.8) is 0 Å². The molecule has 0 aromatic rings. The van der Waals surface area contributed by atoms with Crippen LogP contribution >= 0.6 is 0 Å². The number of methoxy groups -OCH3 is 2. The van der Waals surface area contributed by atoms with Crippen molar-refractivity contribution in [1.82, 2.24) is 0 Å². The van der Waals surface area contributed by atoms with Crippen LogP contribution in [-0.2, 0) is 23.8 Å². The van der Waals surface area contributed by atoms with Crippen molar-refractivity contribution in [2.24, 2.45) is 11.8 Å². The topological polar surface area (TPSA) is 61.8 Å². The first-order chi connectivity index (χ1) is 8.17. The van der Waals surface area contributed by atoms with Crippen LogP contribution in [-0.4, -0.2) is 39.4 Å². The van der Waals surface area contributed by atoms with E-state index in [0.29, 0.717) is 19.1 Å². The molecule has 1 aliphatic heterocycles. The van der Waals surface area contributed by atoms with E-state index in [0.717, 1.165) is 12.8 Å². The summed E-state index contributed by atoms with van der Waals surface area (Å²) in [7, 11) is 2.73. The average molecular weight is 244 g/mol. The lowest BCUT2D eigenvalue weighted by molar-refractivity contribution is -0.146. The molecule has 1 heterocycles. The van der Waals surface area contributed by atoms with E-state index >= 15 is 0 Å². The van der Waals surface area contributed by atoms with Crippen LogP contribution < -0.4 is 0 Å². The molecule has 0 bridgehead atoms. The van der Waals surface area contributed by atoms with Crippen molar-refractivity contribution in [3.05, 3.63) is 0 Å². The third-order valence-electron chi connectivity index (χ3n) is 3.25. The highest BCUT2D eigenvalue weighted by atomic mass is 16.5. The highest BCUT2D eigenvalue weighted by Gasteiger charge is 2.28. The summed E-state index contributed by atoms with van der Waals surface area (Å²) in [5.74, 6) is -0.212. The molecule has 98 valence electrons. The number of carbonyl (C=O) groups excluding carboxylic acids is 2. The average Bonchev–Trinajstić information content (AvgIpc) is 2.38. The molecular formula is C12H20O5. The van der Waals surface area contributed by atoms with Crippen LogP contribution in [0, 0.1) is 11.8 Å². The normalized spacial score (nSPS) is 16.9. The first-order valence-electron chi connectivity index (χ1n) is 5.88. The predicted molar refractivity (Wildman–Crippen MR) is 60.3 cm³/mol. The summed E-state index contributed by atoms with van der Waals surface area (Å²) in [5, 5.41) is 0. The summed E-state index contributed by atoms with van der Waals surface area (Å²) in [6.07, 6.45) is 2.32. The quantitative estimate of drug-likeness (QED) is 0.679. The van der Waals surface area contributed by atoms with Gasteiger partial charge in [-0.1, -0.05) is 0 Å². The summed E-state index contributed by atoms with van der Waals surface area (Å²) in [6.45, 7) is 1.40. The molecule has 5 heteroatoms. The highest BCUT2D eigenvalue weighted by molar-refractivity contribution is 5.73. The molecule has 1 rings (SSSR count). The van der Waals surface area contributed by atoms with E-state index in [9.17, 15) is 9.59 Å². The van der Waals surface area contributed by atoms with Gasteiger partial charge in [0.05, 0.1) is 14.2 Å². The summed E-state index contributed by atoms with van der Waals surface area (Å²) in [5.41, 5.74) is 0. The van der Waals surface area contributed by atoms with Crippen LogP contribution in [0.15, 0.2) is 0 Å². The maximum Gasteiger partial charge on any atom is 0.305 e. The third-order valence-corrected chi connectivity index (χ3v) is 3.25. The second kappa shape index (κ2) is 7.27. The van der Waals surface area contributed by atoms with Gasteiger partial charge in [0.25, 0.3) is 0 Å². The van der Waals surface area contributed by atoms with Gasteiger partial charge in [-0.25, -0.2) is 0 Å². The molecule has 17 heavy (non-hydrogen) atoms. The Balaban J connectivity index is 2.56.